The maximum atomic E-state index is 13.4. The first kappa shape index (κ1) is 16.1. The van der Waals surface area contributed by atoms with E-state index in [0.717, 1.165) is 0 Å². The molecule has 23 heavy (non-hydrogen) atoms. The highest BCUT2D eigenvalue weighted by Crippen LogP contribution is 2.44. The van der Waals surface area contributed by atoms with Gasteiger partial charge in [-0.2, -0.15) is 0 Å². The van der Waals surface area contributed by atoms with Crippen LogP contribution in [0.25, 0.3) is 0 Å². The highest BCUT2D eigenvalue weighted by Gasteiger charge is 2.61. The second kappa shape index (κ2) is 5.68. The number of amides is 1. The third-order valence-corrected chi connectivity index (χ3v) is 5.83. The van der Waals surface area contributed by atoms with Gasteiger partial charge in [-0.3, -0.25) is 4.79 Å². The molecule has 2 fully saturated rings. The molecule has 1 amide bonds. The molecule has 124 valence electrons. The van der Waals surface area contributed by atoms with Gasteiger partial charge in [0.1, 0.15) is 23.0 Å². The molecule has 3 rings (SSSR count). The van der Waals surface area contributed by atoms with E-state index in [4.69, 9.17) is 15.2 Å². The van der Waals surface area contributed by atoms with E-state index in [1.54, 1.807) is 6.07 Å². The minimum Gasteiger partial charge on any atom is -0.472 e. The quantitative estimate of drug-likeness (QED) is 0.646. The van der Waals surface area contributed by atoms with E-state index in [-0.39, 0.29) is 28.8 Å². The number of thioether (sulfide) groups is 1. The van der Waals surface area contributed by atoms with Gasteiger partial charge in [-0.25, -0.2) is 9.18 Å². The Labute approximate surface area is 137 Å². The summed E-state index contributed by atoms with van der Waals surface area (Å²) >= 11 is 1.38. The van der Waals surface area contributed by atoms with Crippen molar-refractivity contribution >= 4 is 23.6 Å². The Bertz CT molecular complexity index is 658. The summed E-state index contributed by atoms with van der Waals surface area (Å²) in [5.41, 5.74) is 4.39. The Balaban J connectivity index is 1.94. The van der Waals surface area contributed by atoms with Crippen molar-refractivity contribution in [3.63, 3.8) is 0 Å². The van der Waals surface area contributed by atoms with Crippen molar-refractivity contribution in [2.45, 2.75) is 29.2 Å². The monoisotopic (exact) mass is 340 g/mol. The molecule has 3 unspecified atom stereocenters. The average Bonchev–Trinajstić information content (AvgIpc) is 2.55. The van der Waals surface area contributed by atoms with E-state index < -0.39 is 23.4 Å². The van der Waals surface area contributed by atoms with Gasteiger partial charge in [-0.15, -0.1) is 11.8 Å². The third-order valence-electron chi connectivity index (χ3n) is 4.22. The molecular formula is C15H17FN2O4S. The number of benzene rings is 1. The Morgan fingerprint density at radius 1 is 1.52 bits per heavy atom. The highest BCUT2D eigenvalue weighted by atomic mass is 32.2. The molecule has 2 aliphatic rings. The molecule has 2 N–H and O–H groups in total. The predicted molar refractivity (Wildman–Crippen MR) is 82.3 cm³/mol. The molecule has 0 aromatic heterocycles. The second-order valence-electron chi connectivity index (χ2n) is 5.60. The SMILES string of the molecule is COC(=O)C1(Oc2cccc(F)c2)CN2C(=O)C(N)[C@H]2SC1C. The smallest absolute Gasteiger partial charge is 0.353 e. The summed E-state index contributed by atoms with van der Waals surface area (Å²) in [6.07, 6.45) is 0. The number of hydrogen-bond acceptors (Lipinski definition) is 6. The topological polar surface area (TPSA) is 81.9 Å². The summed E-state index contributed by atoms with van der Waals surface area (Å²) in [4.78, 5) is 25.9. The molecule has 2 aliphatic heterocycles. The normalized spacial score (nSPS) is 32.8. The first-order chi connectivity index (χ1) is 10.9. The summed E-state index contributed by atoms with van der Waals surface area (Å²) in [5.74, 6) is -1.10. The highest BCUT2D eigenvalue weighted by molar-refractivity contribution is 8.00. The molecule has 0 radical (unpaired) electrons. The van der Waals surface area contributed by atoms with Gasteiger partial charge in [0, 0.05) is 6.07 Å². The Hall–Kier alpha value is -1.80. The van der Waals surface area contributed by atoms with E-state index in [1.165, 1.54) is 42.0 Å². The minimum atomic E-state index is -1.40. The number of fused-ring (bicyclic) bond motifs is 1. The molecule has 0 aliphatic carbocycles. The number of nitrogens with zero attached hydrogens (tertiary/aromatic N) is 1. The van der Waals surface area contributed by atoms with Crippen molar-refractivity contribution in [2.75, 3.05) is 13.7 Å². The lowest BCUT2D eigenvalue weighted by molar-refractivity contribution is -0.167. The molecule has 0 saturated carbocycles. The minimum absolute atomic E-state index is 0.0293. The fourth-order valence-electron chi connectivity index (χ4n) is 2.88. The van der Waals surface area contributed by atoms with E-state index in [0.29, 0.717) is 0 Å². The first-order valence-corrected chi connectivity index (χ1v) is 8.08. The molecule has 8 heteroatoms. The van der Waals surface area contributed by atoms with Gasteiger partial charge >= 0.3 is 5.97 Å². The summed E-state index contributed by atoms with van der Waals surface area (Å²) in [6, 6.07) is 4.96. The number of methoxy groups -OCH3 is 1. The molecule has 1 aromatic rings. The predicted octanol–water partition coefficient (Wildman–Crippen LogP) is 0.747. The summed E-state index contributed by atoms with van der Waals surface area (Å²) < 4.78 is 24.2. The fraction of sp³-hybridized carbons (Fsp3) is 0.467. The number of nitrogens with two attached hydrogens (primary N) is 1. The Morgan fingerprint density at radius 2 is 2.26 bits per heavy atom. The standard InChI is InChI=1S/C15H17FN2O4S/c1-8-15(14(20)21-2,22-10-5-3-4-9(16)6-10)7-18-12(19)11(17)13(18)23-8/h3-6,8,11,13H,7,17H2,1-2H3/t8?,11?,13-,15?/m1/s1. The van der Waals surface area contributed by atoms with Crippen LogP contribution in [0.2, 0.25) is 0 Å². The number of β-lactam (4-membered cyclic amide) rings is 1. The largest absolute Gasteiger partial charge is 0.472 e. The zero-order chi connectivity index (χ0) is 16.8. The lowest BCUT2D eigenvalue weighted by Crippen LogP contribution is -2.76. The fourth-order valence-corrected chi connectivity index (χ4v) is 4.35. The Kier molecular flexibility index (Phi) is 3.97. The van der Waals surface area contributed by atoms with Crippen LogP contribution >= 0.6 is 11.8 Å². The lowest BCUT2D eigenvalue weighted by Gasteiger charge is -2.54. The van der Waals surface area contributed by atoms with Crippen molar-refractivity contribution in [1.29, 1.82) is 0 Å². The molecule has 2 saturated heterocycles. The maximum Gasteiger partial charge on any atom is 0.353 e. The lowest BCUT2D eigenvalue weighted by atomic mass is 9.94. The molecular weight excluding hydrogens is 323 g/mol. The summed E-state index contributed by atoms with van der Waals surface area (Å²) in [6.45, 7) is 1.84. The third kappa shape index (κ3) is 2.46. The van der Waals surface area contributed by atoms with Crippen LogP contribution < -0.4 is 10.5 Å². The zero-order valence-corrected chi connectivity index (χ0v) is 13.5. The molecule has 4 atom stereocenters. The van der Waals surface area contributed by atoms with E-state index in [1.807, 2.05) is 6.92 Å². The maximum absolute atomic E-state index is 13.4. The van der Waals surface area contributed by atoms with Crippen molar-refractivity contribution in [3.8, 4) is 5.75 Å². The molecule has 6 nitrogen and oxygen atoms in total. The molecule has 0 spiro atoms. The van der Waals surface area contributed by atoms with Gasteiger partial charge < -0.3 is 20.1 Å². The van der Waals surface area contributed by atoms with Crippen molar-refractivity contribution in [2.24, 2.45) is 5.73 Å². The van der Waals surface area contributed by atoms with Gasteiger partial charge in [-0.1, -0.05) is 6.07 Å². The zero-order valence-electron chi connectivity index (χ0n) is 12.7. The number of carbonyl (C=O) groups is 2. The van der Waals surface area contributed by atoms with Crippen molar-refractivity contribution < 1.29 is 23.5 Å². The molecule has 0 bridgehead atoms. The van der Waals surface area contributed by atoms with E-state index in [9.17, 15) is 14.0 Å². The number of esters is 1. The number of halogens is 1. The van der Waals surface area contributed by atoms with Gasteiger partial charge in [0.15, 0.2) is 0 Å². The van der Waals surface area contributed by atoms with Crippen LogP contribution in [0, 0.1) is 5.82 Å². The van der Waals surface area contributed by atoms with Crippen LogP contribution in [0.1, 0.15) is 6.92 Å². The van der Waals surface area contributed by atoms with Gasteiger partial charge in [0.2, 0.25) is 11.5 Å². The van der Waals surface area contributed by atoms with Crippen molar-refractivity contribution in [3.05, 3.63) is 30.1 Å². The average molecular weight is 340 g/mol. The second-order valence-corrected chi connectivity index (χ2v) is 7.06. The van der Waals surface area contributed by atoms with E-state index >= 15 is 0 Å². The summed E-state index contributed by atoms with van der Waals surface area (Å²) in [5, 5.41) is -0.495. The van der Waals surface area contributed by atoms with Crippen LogP contribution in [0.15, 0.2) is 24.3 Å². The number of hydrogen-bond donors (Lipinski definition) is 1. The molecule has 1 aromatic carbocycles. The van der Waals surface area contributed by atoms with Crippen LogP contribution in [0.4, 0.5) is 4.39 Å². The van der Waals surface area contributed by atoms with Crippen LogP contribution in [0.3, 0.4) is 0 Å². The van der Waals surface area contributed by atoms with Crippen LogP contribution in [-0.2, 0) is 14.3 Å². The first-order valence-electron chi connectivity index (χ1n) is 7.13. The van der Waals surface area contributed by atoms with Gasteiger partial charge in [0.25, 0.3) is 0 Å². The number of carbonyl (C=O) groups excluding carboxylic acids is 2. The number of ether oxygens (including phenoxy) is 2. The van der Waals surface area contributed by atoms with Crippen LogP contribution in [-0.4, -0.2) is 52.7 Å². The van der Waals surface area contributed by atoms with Crippen molar-refractivity contribution in [1.82, 2.24) is 4.90 Å². The molecule has 2 heterocycles. The number of rotatable bonds is 3. The van der Waals surface area contributed by atoms with Gasteiger partial charge in [0.05, 0.1) is 18.9 Å². The van der Waals surface area contributed by atoms with Gasteiger partial charge in [-0.05, 0) is 19.1 Å². The Morgan fingerprint density at radius 3 is 2.91 bits per heavy atom. The summed E-state index contributed by atoms with van der Waals surface area (Å²) in [7, 11) is 1.26. The van der Waals surface area contributed by atoms with E-state index in [2.05, 4.69) is 0 Å². The van der Waals surface area contributed by atoms with Crippen LogP contribution in [0.5, 0.6) is 5.75 Å².